The highest BCUT2D eigenvalue weighted by Gasteiger charge is 2.23. The molecule has 0 spiro atoms. The van der Waals surface area contributed by atoms with Gasteiger partial charge in [-0.25, -0.2) is 9.97 Å². The van der Waals surface area contributed by atoms with E-state index in [1.165, 1.54) is 4.68 Å². The van der Waals surface area contributed by atoms with E-state index in [9.17, 15) is 4.79 Å². The van der Waals surface area contributed by atoms with Crippen LogP contribution in [0.2, 0.25) is 0 Å². The van der Waals surface area contributed by atoms with Crippen molar-refractivity contribution in [3.63, 3.8) is 0 Å². The molecule has 0 aliphatic rings. The molecule has 158 valence electrons. The maximum Gasteiger partial charge on any atom is 0.257 e. The highest BCUT2D eigenvalue weighted by molar-refractivity contribution is 6.10. The number of para-hydroxylation sites is 2. The molecule has 0 aliphatic carbocycles. The molecular weight excluding hydrogens is 392 g/mol. The predicted octanol–water partition coefficient (Wildman–Crippen LogP) is 3.12. The molecule has 2 aromatic carbocycles. The fourth-order valence-electron chi connectivity index (χ4n) is 3.27. The quantitative estimate of drug-likeness (QED) is 0.356. The van der Waals surface area contributed by atoms with Crippen molar-refractivity contribution >= 4 is 40.1 Å². The lowest BCUT2D eigenvalue weighted by atomic mass is 10.2. The normalized spacial score (nSPS) is 11.5. The van der Waals surface area contributed by atoms with Gasteiger partial charge in [0.2, 0.25) is 0 Å². The standard InChI is InChI=1S/C23H24N6O2/c1-15-8-10-16(11-9-15)14-26-29-21(24)19(23(30)25-12-5-13-31-2)20-22(29)28-18-7-4-3-6-17(18)27-20/h3-4,6-11,14H,5,12-13,24H2,1-2H3,(H,25,30). The van der Waals surface area contributed by atoms with Crippen LogP contribution in [-0.4, -0.2) is 47.0 Å². The number of methoxy groups -OCH3 is 1. The lowest BCUT2D eigenvalue weighted by Crippen LogP contribution is -2.26. The Hall–Kier alpha value is -3.78. The Balaban J connectivity index is 1.80. The Labute approximate surface area is 179 Å². The van der Waals surface area contributed by atoms with Crippen LogP contribution in [0, 0.1) is 6.92 Å². The number of hydrogen-bond donors (Lipinski definition) is 2. The van der Waals surface area contributed by atoms with Gasteiger partial charge in [-0.3, -0.25) is 4.79 Å². The third-order valence-electron chi connectivity index (χ3n) is 4.91. The van der Waals surface area contributed by atoms with Crippen molar-refractivity contribution in [3.8, 4) is 0 Å². The fourth-order valence-corrected chi connectivity index (χ4v) is 3.27. The van der Waals surface area contributed by atoms with Crippen molar-refractivity contribution < 1.29 is 9.53 Å². The summed E-state index contributed by atoms with van der Waals surface area (Å²) in [6, 6.07) is 15.4. The largest absolute Gasteiger partial charge is 0.385 e. The number of nitrogens with two attached hydrogens (primary N) is 1. The highest BCUT2D eigenvalue weighted by atomic mass is 16.5. The minimum absolute atomic E-state index is 0.193. The van der Waals surface area contributed by atoms with E-state index in [2.05, 4.69) is 20.4 Å². The molecule has 0 fully saturated rings. The second-order valence-electron chi connectivity index (χ2n) is 7.21. The molecular formula is C23H24N6O2. The summed E-state index contributed by atoms with van der Waals surface area (Å²) in [6.07, 6.45) is 2.38. The van der Waals surface area contributed by atoms with Gasteiger partial charge >= 0.3 is 0 Å². The maximum absolute atomic E-state index is 12.9. The molecule has 31 heavy (non-hydrogen) atoms. The second-order valence-corrected chi connectivity index (χ2v) is 7.21. The van der Waals surface area contributed by atoms with E-state index < -0.39 is 0 Å². The zero-order valence-electron chi connectivity index (χ0n) is 17.5. The number of aromatic nitrogens is 3. The fraction of sp³-hybridized carbons (Fsp3) is 0.217. The van der Waals surface area contributed by atoms with Crippen LogP contribution >= 0.6 is 0 Å². The molecule has 0 saturated carbocycles. The Morgan fingerprint density at radius 1 is 1.16 bits per heavy atom. The number of carbonyl (C=O) groups excluding carboxylic acids is 1. The van der Waals surface area contributed by atoms with Crippen molar-refractivity contribution in [1.29, 1.82) is 0 Å². The highest BCUT2D eigenvalue weighted by Crippen LogP contribution is 2.27. The summed E-state index contributed by atoms with van der Waals surface area (Å²) in [5.41, 5.74) is 11.0. The van der Waals surface area contributed by atoms with E-state index >= 15 is 0 Å². The number of benzene rings is 2. The van der Waals surface area contributed by atoms with Gasteiger partial charge in [-0.05, 0) is 31.0 Å². The Morgan fingerprint density at radius 3 is 2.58 bits per heavy atom. The van der Waals surface area contributed by atoms with E-state index in [1.54, 1.807) is 13.3 Å². The first-order chi connectivity index (χ1) is 15.1. The molecule has 8 nitrogen and oxygen atoms in total. The van der Waals surface area contributed by atoms with Crippen molar-refractivity contribution in [2.45, 2.75) is 13.3 Å². The van der Waals surface area contributed by atoms with Gasteiger partial charge in [0.25, 0.3) is 5.91 Å². The van der Waals surface area contributed by atoms with E-state index in [-0.39, 0.29) is 17.3 Å². The number of carbonyl (C=O) groups is 1. The van der Waals surface area contributed by atoms with Crippen molar-refractivity contribution in [2.75, 3.05) is 26.0 Å². The molecule has 8 heteroatoms. The molecule has 1 amide bonds. The number of aryl methyl sites for hydroxylation is 1. The van der Waals surface area contributed by atoms with Crippen LogP contribution in [-0.2, 0) is 4.74 Å². The topological polar surface area (TPSA) is 107 Å². The number of anilines is 1. The van der Waals surface area contributed by atoms with Gasteiger partial charge in [0, 0.05) is 20.3 Å². The number of ether oxygens (including phenoxy) is 1. The lowest BCUT2D eigenvalue weighted by Gasteiger charge is -2.05. The minimum Gasteiger partial charge on any atom is -0.385 e. The first kappa shape index (κ1) is 20.5. The molecule has 4 rings (SSSR count). The number of nitrogen functional groups attached to an aromatic ring is 1. The van der Waals surface area contributed by atoms with Crippen molar-refractivity contribution in [1.82, 2.24) is 20.0 Å². The van der Waals surface area contributed by atoms with Crippen LogP contribution in [0.25, 0.3) is 22.2 Å². The second kappa shape index (κ2) is 8.93. The van der Waals surface area contributed by atoms with Crippen molar-refractivity contribution in [3.05, 3.63) is 65.2 Å². The van der Waals surface area contributed by atoms with Gasteiger partial charge in [0.05, 0.1) is 17.2 Å². The summed E-state index contributed by atoms with van der Waals surface area (Å²) in [5.74, 6) is -0.120. The van der Waals surface area contributed by atoms with E-state index in [0.29, 0.717) is 41.8 Å². The lowest BCUT2D eigenvalue weighted by molar-refractivity contribution is 0.0951. The van der Waals surface area contributed by atoms with Crippen molar-refractivity contribution in [2.24, 2.45) is 5.10 Å². The van der Waals surface area contributed by atoms with Gasteiger partial charge in [0.15, 0.2) is 5.65 Å². The number of amides is 1. The van der Waals surface area contributed by atoms with Gasteiger partial charge in [0.1, 0.15) is 16.9 Å². The number of fused-ring (bicyclic) bond motifs is 2. The Bertz CT molecular complexity index is 1260. The zero-order chi connectivity index (χ0) is 21.8. The molecule has 0 unspecified atom stereocenters. The van der Waals surface area contributed by atoms with Crippen LogP contribution in [0.1, 0.15) is 27.9 Å². The van der Waals surface area contributed by atoms with E-state index in [0.717, 1.165) is 11.1 Å². The molecule has 0 bridgehead atoms. The minimum atomic E-state index is -0.313. The maximum atomic E-state index is 12.9. The van der Waals surface area contributed by atoms with Gasteiger partial charge in [-0.1, -0.05) is 42.0 Å². The molecule has 0 radical (unpaired) electrons. The molecule has 4 aromatic rings. The molecule has 2 heterocycles. The van der Waals surface area contributed by atoms with Crippen LogP contribution < -0.4 is 11.1 Å². The number of nitrogens with one attached hydrogen (secondary N) is 1. The summed E-state index contributed by atoms with van der Waals surface area (Å²) in [4.78, 5) is 22.3. The molecule has 3 N–H and O–H groups in total. The van der Waals surface area contributed by atoms with E-state index in [4.69, 9.17) is 10.5 Å². The van der Waals surface area contributed by atoms with Crippen LogP contribution in [0.3, 0.4) is 0 Å². The van der Waals surface area contributed by atoms with Crippen LogP contribution in [0.4, 0.5) is 5.82 Å². The average molecular weight is 416 g/mol. The number of hydrogen-bond acceptors (Lipinski definition) is 6. The number of rotatable bonds is 7. The zero-order valence-corrected chi connectivity index (χ0v) is 17.5. The average Bonchev–Trinajstić information content (AvgIpc) is 3.05. The SMILES string of the molecule is COCCCNC(=O)c1c(N)n(N=Cc2ccc(C)cc2)c2nc3ccccc3nc12. The molecule has 0 aliphatic heterocycles. The van der Waals surface area contributed by atoms with Gasteiger partial charge < -0.3 is 15.8 Å². The van der Waals surface area contributed by atoms with Crippen LogP contribution in [0.5, 0.6) is 0 Å². The summed E-state index contributed by atoms with van der Waals surface area (Å²) >= 11 is 0. The summed E-state index contributed by atoms with van der Waals surface area (Å²) in [5, 5.41) is 7.39. The summed E-state index contributed by atoms with van der Waals surface area (Å²) < 4.78 is 6.51. The van der Waals surface area contributed by atoms with Gasteiger partial charge in [-0.15, -0.1) is 0 Å². The summed E-state index contributed by atoms with van der Waals surface area (Å²) in [6.45, 7) is 3.05. The third kappa shape index (κ3) is 4.24. The first-order valence-corrected chi connectivity index (χ1v) is 10.0. The molecule has 0 saturated heterocycles. The first-order valence-electron chi connectivity index (χ1n) is 10.0. The van der Waals surface area contributed by atoms with E-state index in [1.807, 2.05) is 55.5 Å². The molecule has 2 aromatic heterocycles. The van der Waals surface area contributed by atoms with Crippen LogP contribution in [0.15, 0.2) is 53.6 Å². The third-order valence-corrected chi connectivity index (χ3v) is 4.91. The molecule has 0 atom stereocenters. The smallest absolute Gasteiger partial charge is 0.257 e. The van der Waals surface area contributed by atoms with Gasteiger partial charge in [-0.2, -0.15) is 9.78 Å². The Kier molecular flexibility index (Phi) is 5.90. The predicted molar refractivity (Wildman–Crippen MR) is 122 cm³/mol. The number of nitrogens with zero attached hydrogens (tertiary/aromatic N) is 4. The monoisotopic (exact) mass is 416 g/mol. The summed E-state index contributed by atoms with van der Waals surface area (Å²) in [7, 11) is 1.63. The Morgan fingerprint density at radius 2 is 1.87 bits per heavy atom.